The second-order valence-corrected chi connectivity index (χ2v) is 7.34. The Kier molecular flexibility index (Phi) is 9.52. The maximum absolute atomic E-state index is 5.45. The van der Waals surface area contributed by atoms with Gasteiger partial charge in [-0.15, -0.1) is 0 Å². The first-order chi connectivity index (χ1) is 15.7. The Bertz CT molecular complexity index is 810. The molecule has 32 heavy (non-hydrogen) atoms. The molecular formula is C23H34N4O5. The van der Waals surface area contributed by atoms with Crippen LogP contribution in [0.25, 0.3) is 0 Å². The fourth-order valence-electron chi connectivity index (χ4n) is 3.49. The summed E-state index contributed by atoms with van der Waals surface area (Å²) >= 11 is 0. The summed E-state index contributed by atoms with van der Waals surface area (Å²) in [5.74, 6) is 3.49. The number of hydrogen-bond donors (Lipinski definition) is 2. The predicted octanol–water partition coefficient (Wildman–Crippen LogP) is 1.92. The van der Waals surface area contributed by atoms with E-state index in [0.29, 0.717) is 30.3 Å². The van der Waals surface area contributed by atoms with Crippen LogP contribution in [0.3, 0.4) is 0 Å². The predicted molar refractivity (Wildman–Crippen MR) is 123 cm³/mol. The van der Waals surface area contributed by atoms with E-state index in [1.165, 1.54) is 0 Å². The summed E-state index contributed by atoms with van der Waals surface area (Å²) in [6.45, 7) is 6.43. The summed E-state index contributed by atoms with van der Waals surface area (Å²) in [5, 5.41) is 6.83. The number of aliphatic imine (C=N–C) groups is 1. The van der Waals surface area contributed by atoms with Crippen molar-refractivity contribution in [2.24, 2.45) is 4.99 Å². The molecule has 3 rings (SSSR count). The van der Waals surface area contributed by atoms with Crippen molar-refractivity contribution in [3.8, 4) is 17.2 Å². The summed E-state index contributed by atoms with van der Waals surface area (Å²) in [6, 6.07) is 7.70. The third kappa shape index (κ3) is 7.06. The van der Waals surface area contributed by atoms with E-state index >= 15 is 0 Å². The molecule has 1 aromatic carbocycles. The number of nitrogens with zero attached hydrogens (tertiary/aromatic N) is 2. The van der Waals surface area contributed by atoms with E-state index < -0.39 is 0 Å². The van der Waals surface area contributed by atoms with E-state index in [0.717, 1.165) is 63.1 Å². The van der Waals surface area contributed by atoms with Gasteiger partial charge in [-0.2, -0.15) is 0 Å². The molecule has 0 bridgehead atoms. The van der Waals surface area contributed by atoms with E-state index in [-0.39, 0.29) is 0 Å². The van der Waals surface area contributed by atoms with E-state index in [9.17, 15) is 0 Å². The SMILES string of the molecule is COc1cc(CN=C(NCCc2ccco2)NCCN2CCOCC2)cc(OC)c1OC. The van der Waals surface area contributed by atoms with Crippen molar-refractivity contribution < 1.29 is 23.4 Å². The topological polar surface area (TPSA) is 89.7 Å². The lowest BCUT2D eigenvalue weighted by Gasteiger charge is -2.26. The van der Waals surface area contributed by atoms with Crippen molar-refractivity contribution in [1.29, 1.82) is 0 Å². The summed E-state index contributed by atoms with van der Waals surface area (Å²) in [4.78, 5) is 7.16. The number of hydrogen-bond acceptors (Lipinski definition) is 7. The highest BCUT2D eigenvalue weighted by atomic mass is 16.5. The van der Waals surface area contributed by atoms with Crippen molar-refractivity contribution in [3.05, 3.63) is 41.9 Å². The maximum atomic E-state index is 5.45. The Morgan fingerprint density at radius 1 is 1.03 bits per heavy atom. The number of guanidine groups is 1. The van der Waals surface area contributed by atoms with Crippen LogP contribution in [-0.2, 0) is 17.7 Å². The lowest BCUT2D eigenvalue weighted by molar-refractivity contribution is 0.0389. The molecule has 176 valence electrons. The third-order valence-corrected chi connectivity index (χ3v) is 5.21. The van der Waals surface area contributed by atoms with Crippen molar-refractivity contribution in [3.63, 3.8) is 0 Å². The minimum absolute atomic E-state index is 0.463. The van der Waals surface area contributed by atoms with Gasteiger partial charge >= 0.3 is 0 Å². The molecular weight excluding hydrogens is 412 g/mol. The first-order valence-electron chi connectivity index (χ1n) is 10.9. The minimum atomic E-state index is 0.463. The largest absolute Gasteiger partial charge is 0.493 e. The molecule has 1 aliphatic rings. The first kappa shape index (κ1) is 23.7. The molecule has 0 saturated carbocycles. The van der Waals surface area contributed by atoms with Crippen LogP contribution in [0.15, 0.2) is 39.9 Å². The minimum Gasteiger partial charge on any atom is -0.493 e. The number of benzene rings is 1. The van der Waals surface area contributed by atoms with Gasteiger partial charge in [-0.05, 0) is 29.8 Å². The van der Waals surface area contributed by atoms with Gasteiger partial charge in [-0.25, -0.2) is 4.99 Å². The lowest BCUT2D eigenvalue weighted by Crippen LogP contribution is -2.44. The normalized spacial score (nSPS) is 14.8. The van der Waals surface area contributed by atoms with Gasteiger partial charge in [0.2, 0.25) is 5.75 Å². The third-order valence-electron chi connectivity index (χ3n) is 5.21. The summed E-state index contributed by atoms with van der Waals surface area (Å²) in [7, 11) is 4.82. The monoisotopic (exact) mass is 446 g/mol. The number of rotatable bonds is 11. The van der Waals surface area contributed by atoms with Crippen LogP contribution in [-0.4, -0.2) is 78.1 Å². The maximum Gasteiger partial charge on any atom is 0.203 e. The number of ether oxygens (including phenoxy) is 4. The van der Waals surface area contributed by atoms with E-state index in [1.807, 2.05) is 24.3 Å². The average Bonchev–Trinajstić information content (AvgIpc) is 3.35. The second-order valence-electron chi connectivity index (χ2n) is 7.34. The molecule has 1 aromatic heterocycles. The molecule has 1 saturated heterocycles. The molecule has 0 amide bonds. The van der Waals surface area contributed by atoms with Crippen LogP contribution >= 0.6 is 0 Å². The Morgan fingerprint density at radius 3 is 2.38 bits per heavy atom. The van der Waals surface area contributed by atoms with Crippen LogP contribution in [0, 0.1) is 0 Å². The van der Waals surface area contributed by atoms with Gasteiger partial charge in [0.25, 0.3) is 0 Å². The highest BCUT2D eigenvalue weighted by Crippen LogP contribution is 2.38. The fourth-order valence-corrected chi connectivity index (χ4v) is 3.49. The average molecular weight is 447 g/mol. The molecule has 2 N–H and O–H groups in total. The molecule has 0 atom stereocenters. The van der Waals surface area contributed by atoms with Gasteiger partial charge in [0, 0.05) is 39.1 Å². The van der Waals surface area contributed by atoms with Crippen LogP contribution in [0.1, 0.15) is 11.3 Å². The molecule has 2 aromatic rings. The molecule has 0 aliphatic carbocycles. The van der Waals surface area contributed by atoms with Crippen LogP contribution < -0.4 is 24.8 Å². The molecule has 0 unspecified atom stereocenters. The van der Waals surface area contributed by atoms with Gasteiger partial charge in [0.1, 0.15) is 5.76 Å². The molecule has 0 radical (unpaired) electrons. The zero-order chi connectivity index (χ0) is 22.6. The van der Waals surface area contributed by atoms with Gasteiger partial charge in [-0.3, -0.25) is 4.90 Å². The van der Waals surface area contributed by atoms with E-state index in [4.69, 9.17) is 28.4 Å². The number of furan rings is 1. The number of methoxy groups -OCH3 is 3. The van der Waals surface area contributed by atoms with Crippen molar-refractivity contribution in [2.75, 3.05) is 67.3 Å². The molecule has 1 aliphatic heterocycles. The summed E-state index contributed by atoms with van der Waals surface area (Å²) in [5.41, 5.74) is 0.958. The van der Waals surface area contributed by atoms with Crippen LogP contribution in [0.5, 0.6) is 17.2 Å². The molecule has 9 nitrogen and oxygen atoms in total. The van der Waals surface area contributed by atoms with Crippen LogP contribution in [0.4, 0.5) is 0 Å². The Morgan fingerprint density at radius 2 is 1.75 bits per heavy atom. The summed E-state index contributed by atoms with van der Waals surface area (Å²) < 4.78 is 27.2. The Labute approximate surface area is 189 Å². The molecule has 1 fully saturated rings. The summed E-state index contributed by atoms with van der Waals surface area (Å²) in [6.07, 6.45) is 2.47. The number of morpholine rings is 1. The molecule has 2 heterocycles. The zero-order valence-corrected chi connectivity index (χ0v) is 19.2. The smallest absolute Gasteiger partial charge is 0.203 e. The standard InChI is InChI=1S/C23H34N4O5/c1-28-20-15-18(16-21(29-2)22(20)30-3)17-26-23(24-7-6-19-5-4-12-32-19)25-8-9-27-10-13-31-14-11-27/h4-5,12,15-16H,6-11,13-14,17H2,1-3H3,(H2,24,25,26). The number of nitrogens with one attached hydrogen (secondary N) is 2. The zero-order valence-electron chi connectivity index (χ0n) is 19.2. The van der Waals surface area contributed by atoms with Gasteiger partial charge in [-0.1, -0.05) is 0 Å². The van der Waals surface area contributed by atoms with Crippen molar-refractivity contribution in [1.82, 2.24) is 15.5 Å². The lowest BCUT2D eigenvalue weighted by atomic mass is 10.2. The van der Waals surface area contributed by atoms with Gasteiger partial charge < -0.3 is 34.0 Å². The highest BCUT2D eigenvalue weighted by Gasteiger charge is 2.13. The highest BCUT2D eigenvalue weighted by molar-refractivity contribution is 5.79. The van der Waals surface area contributed by atoms with Gasteiger partial charge in [0.05, 0.1) is 47.4 Å². The Hall–Kier alpha value is -2.91. The quantitative estimate of drug-likeness (QED) is 0.400. The van der Waals surface area contributed by atoms with Gasteiger partial charge in [0.15, 0.2) is 17.5 Å². The Balaban J connectivity index is 1.63. The second kappa shape index (κ2) is 12.8. The van der Waals surface area contributed by atoms with E-state index in [1.54, 1.807) is 27.6 Å². The molecule has 0 spiro atoms. The van der Waals surface area contributed by atoms with Crippen LogP contribution in [0.2, 0.25) is 0 Å². The van der Waals surface area contributed by atoms with E-state index in [2.05, 4.69) is 15.5 Å². The fraction of sp³-hybridized carbons (Fsp3) is 0.522. The van der Waals surface area contributed by atoms with Crippen molar-refractivity contribution in [2.45, 2.75) is 13.0 Å². The first-order valence-corrected chi connectivity index (χ1v) is 10.9. The molecule has 9 heteroatoms. The van der Waals surface area contributed by atoms with Crippen molar-refractivity contribution >= 4 is 5.96 Å².